The van der Waals surface area contributed by atoms with Crippen LogP contribution in [0.5, 0.6) is 0 Å². The van der Waals surface area contributed by atoms with Gasteiger partial charge in [-0.3, -0.25) is 0 Å². The maximum Gasteiger partial charge on any atom is 0.121 e. The fraction of sp³-hybridized carbons (Fsp3) is 0. The molecule has 0 aliphatic carbocycles. The molecule has 0 amide bonds. The van der Waals surface area contributed by atoms with E-state index in [9.17, 15) is 0 Å². The summed E-state index contributed by atoms with van der Waals surface area (Å²) in [6.45, 7) is 0.375. The van der Waals surface area contributed by atoms with Crippen LogP contribution in [0.4, 0.5) is 0 Å². The Hall–Kier alpha value is 5.22. The number of rotatable bonds is 5. The molecule has 0 aliphatic rings. The van der Waals surface area contributed by atoms with Gasteiger partial charge in [0.25, 0.3) is 0 Å². The Morgan fingerprint density at radius 1 is 0.846 bits per heavy atom. The highest BCUT2D eigenvalue weighted by atomic mass is 33.2. The van der Waals surface area contributed by atoms with Crippen molar-refractivity contribution in [1.82, 2.24) is 0 Å². The minimum absolute atomic E-state index is 0.0141. The molecule has 0 spiro atoms. The molecule has 0 heterocycles. The summed E-state index contributed by atoms with van der Waals surface area (Å²) in [5.41, 5.74) is 0. The van der Waals surface area contributed by atoms with E-state index in [1.165, 1.54) is 0 Å². The van der Waals surface area contributed by atoms with E-state index < -0.39 is 0 Å². The van der Waals surface area contributed by atoms with Crippen molar-refractivity contribution in [2.24, 2.45) is 0 Å². The maximum absolute atomic E-state index is 5.92. The summed E-state index contributed by atoms with van der Waals surface area (Å²) in [5, 5.41) is 0. The molecule has 0 bridgehead atoms. The molecule has 0 saturated heterocycles. The molecule has 76 valence electrons. The lowest BCUT2D eigenvalue weighted by atomic mass is 10.8. The molecular formula is H13BP12. The normalized spacial score (nSPS) is 17.9. The maximum atomic E-state index is 5.92. The summed E-state index contributed by atoms with van der Waals surface area (Å²) in [4.78, 5) is 0. The third-order valence-corrected chi connectivity index (χ3v) is 64.4. The van der Waals surface area contributed by atoms with Crippen molar-refractivity contribution < 1.29 is 0 Å². The Kier molecular flexibility index (Phi) is 14.1. The third-order valence-electron chi connectivity index (χ3n) is 0.878. The van der Waals surface area contributed by atoms with Gasteiger partial charge in [-0.2, -0.15) is 0 Å². The predicted octanol–water partition coefficient (Wildman–Crippen LogP) is 6.47. The molecule has 0 rings (SSSR count). The molecule has 13 heavy (non-hydrogen) atoms. The topological polar surface area (TPSA) is 0 Å². The Labute approximate surface area is 104 Å². The zero-order chi connectivity index (χ0) is 10.6. The second kappa shape index (κ2) is 10.1. The Bertz CT molecular complexity index is 119. The van der Waals surface area contributed by atoms with Gasteiger partial charge in [-0.1, -0.05) is 7.96 Å². The van der Waals surface area contributed by atoms with Gasteiger partial charge >= 0.3 is 0 Å². The van der Waals surface area contributed by atoms with E-state index in [1.807, 2.05) is 0 Å². The van der Waals surface area contributed by atoms with E-state index in [-0.39, 0.29) is 35.1 Å². The van der Waals surface area contributed by atoms with Crippen LogP contribution < -0.4 is 0 Å². The van der Waals surface area contributed by atoms with Crippen LogP contribution in [0.15, 0.2) is 0 Å². The van der Waals surface area contributed by atoms with Crippen LogP contribution in [0.2, 0.25) is 0 Å². The molecule has 0 N–H and O–H groups in total. The van der Waals surface area contributed by atoms with E-state index in [0.717, 1.165) is 7.96 Å². The zero-order valence-corrected chi connectivity index (χ0v) is 19.2. The first-order valence-corrected chi connectivity index (χ1v) is 24.1. The van der Waals surface area contributed by atoms with Gasteiger partial charge in [0.05, 0.1) is 0 Å². The van der Waals surface area contributed by atoms with Gasteiger partial charge < -0.3 is 0 Å². The first kappa shape index (κ1) is 18.2. The van der Waals surface area contributed by atoms with Gasteiger partial charge in [-0.15, -0.1) is 60.7 Å². The number of hydrogen-bond donors (Lipinski definition) is 0. The lowest BCUT2D eigenvalue weighted by molar-refractivity contribution is 4.62. The molecule has 2 radical (unpaired) electrons. The van der Waals surface area contributed by atoms with Crippen LogP contribution in [0, 0.1) is 0 Å². The van der Waals surface area contributed by atoms with E-state index in [1.54, 1.807) is 0 Å². The van der Waals surface area contributed by atoms with E-state index in [4.69, 9.17) is 7.57 Å². The van der Waals surface area contributed by atoms with Crippen LogP contribution in [0.25, 0.3) is 0 Å². The standard InChI is InChI=1S/BH13P12/c1-9(2)12(7)8-13(10(3)4)11(5)6/h8H,2-7H2. The highest BCUT2D eigenvalue weighted by molar-refractivity contribution is 9.16. The largest absolute Gasteiger partial charge is 0.121 e. The van der Waals surface area contributed by atoms with Crippen molar-refractivity contribution in [3.05, 3.63) is 0 Å². The highest BCUT2D eigenvalue weighted by Crippen LogP contribution is 3.10. The summed E-state index contributed by atoms with van der Waals surface area (Å²) >= 11 is 0. The quantitative estimate of drug-likeness (QED) is 0.369. The van der Waals surface area contributed by atoms with Crippen molar-refractivity contribution in [3.8, 4) is 0 Å². The molecule has 9 unspecified atom stereocenters. The molecule has 0 nitrogen and oxygen atoms in total. The summed E-state index contributed by atoms with van der Waals surface area (Å²) in [6.07, 6.45) is 0. The van der Waals surface area contributed by atoms with Gasteiger partial charge in [0.15, 0.2) is 0 Å². The van der Waals surface area contributed by atoms with Crippen LogP contribution in [0.1, 0.15) is 0 Å². The second-order valence-electron chi connectivity index (χ2n) is 1.87. The van der Waals surface area contributed by atoms with E-state index in [2.05, 4.69) is 53.6 Å². The summed E-state index contributed by atoms with van der Waals surface area (Å²) in [6, 6.07) is 0. The van der Waals surface area contributed by atoms with Gasteiger partial charge in [-0.25, -0.2) is 0 Å². The van der Waals surface area contributed by atoms with Crippen molar-refractivity contribution >= 4 is 104 Å². The lowest BCUT2D eigenvalue weighted by Gasteiger charge is -2.29. The van der Waals surface area contributed by atoms with Crippen LogP contribution in [0.3, 0.4) is 0 Å². The molecule has 0 aliphatic heterocycles. The average molecular weight is 396 g/mol. The fourth-order valence-corrected chi connectivity index (χ4v) is 84.7. The molecule has 0 aromatic rings. The molecule has 0 aromatic carbocycles. The van der Waals surface area contributed by atoms with Gasteiger partial charge in [-0.05, 0) is 27.9 Å². The first-order valence-electron chi connectivity index (χ1n) is 2.85. The van der Waals surface area contributed by atoms with Gasteiger partial charge in [0.1, 0.15) is 7.57 Å². The molecule has 0 saturated carbocycles. The predicted molar refractivity (Wildman–Crippen MR) is 107 cm³/mol. The van der Waals surface area contributed by atoms with Crippen LogP contribution in [-0.2, 0) is 0 Å². The Morgan fingerprint density at radius 3 is 1.46 bits per heavy atom. The summed E-state index contributed by atoms with van der Waals surface area (Å²) < 4.78 is 0. The van der Waals surface area contributed by atoms with E-state index in [0.29, 0.717) is 0 Å². The monoisotopic (exact) mass is 396 g/mol. The molecular weight excluding hydrogens is 382 g/mol. The van der Waals surface area contributed by atoms with Crippen molar-refractivity contribution in [3.63, 3.8) is 0 Å². The summed E-state index contributed by atoms with van der Waals surface area (Å²) in [5.74, 6) is 0. The number of hydrogen-bond acceptors (Lipinski definition) is 0. The molecule has 13 heteroatoms. The highest BCUT2D eigenvalue weighted by Gasteiger charge is 2.21. The second-order valence-corrected chi connectivity index (χ2v) is 45.8. The third kappa shape index (κ3) is 8.86. The van der Waals surface area contributed by atoms with Crippen molar-refractivity contribution in [2.75, 3.05) is 0 Å². The fourth-order valence-electron chi connectivity index (χ4n) is 0.366. The van der Waals surface area contributed by atoms with E-state index >= 15 is 0 Å². The minimum atomic E-state index is -0.287. The van der Waals surface area contributed by atoms with Gasteiger partial charge in [0, 0.05) is 0 Å². The Morgan fingerprint density at radius 2 is 1.23 bits per heavy atom. The minimum Gasteiger partial charge on any atom is -0.117 e. The van der Waals surface area contributed by atoms with Crippen LogP contribution in [-0.4, -0.2) is 7.57 Å². The zero-order valence-electron chi connectivity index (χ0n) is 6.78. The molecule has 0 fully saturated rings. The van der Waals surface area contributed by atoms with Crippen LogP contribution >= 0.6 is 96.7 Å². The summed E-state index contributed by atoms with van der Waals surface area (Å²) in [7, 11) is 24.4. The first-order chi connectivity index (χ1) is 5.86. The van der Waals surface area contributed by atoms with Gasteiger partial charge in [0.2, 0.25) is 0 Å². The molecule has 0 aromatic heterocycles. The Balaban J connectivity index is 4.10. The van der Waals surface area contributed by atoms with Crippen molar-refractivity contribution in [2.45, 2.75) is 0 Å². The lowest BCUT2D eigenvalue weighted by Crippen LogP contribution is -1.45. The SMILES string of the molecule is [B]P(P)P(P)PP(P(P)P)P(P)P. The smallest absolute Gasteiger partial charge is 0.117 e. The van der Waals surface area contributed by atoms with Crippen molar-refractivity contribution in [1.29, 1.82) is 0 Å². The molecule has 9 atom stereocenters. The average Bonchev–Trinajstić information content (AvgIpc) is 1.97.